The van der Waals surface area contributed by atoms with Gasteiger partial charge in [0.25, 0.3) is 0 Å². The van der Waals surface area contributed by atoms with Gasteiger partial charge in [-0.25, -0.2) is 0 Å². The summed E-state index contributed by atoms with van der Waals surface area (Å²) in [6, 6.07) is 0. The molecule has 0 amide bonds. The summed E-state index contributed by atoms with van der Waals surface area (Å²) in [5, 5.41) is 0. The largest absolute Gasteiger partial charge is 0.303 e. The van der Waals surface area contributed by atoms with Crippen molar-refractivity contribution in [2.24, 2.45) is 0 Å². The second-order valence-corrected chi connectivity index (χ2v) is 3.22. The molecule has 1 nitrogen and oxygen atoms in total. The fourth-order valence-electron chi connectivity index (χ4n) is 1.12. The summed E-state index contributed by atoms with van der Waals surface area (Å²) in [5.74, 6) is 6.08. The summed E-state index contributed by atoms with van der Waals surface area (Å²) < 4.78 is 0. The first-order valence-corrected chi connectivity index (χ1v) is 5.31. The second kappa shape index (κ2) is 11.2. The standard InChI is InChI=1S/C12H20O/c1-2-3-4-5-6-7-8-9-10-11-12-13/h12H,2-7,10-11H2,1H3. The summed E-state index contributed by atoms with van der Waals surface area (Å²) in [7, 11) is 0. The summed E-state index contributed by atoms with van der Waals surface area (Å²) in [6.07, 6.45) is 9.75. The predicted octanol–water partition coefficient (Wildman–Crippen LogP) is 3.33. The molecule has 0 unspecified atom stereocenters. The van der Waals surface area contributed by atoms with Crippen molar-refractivity contribution < 1.29 is 4.79 Å². The van der Waals surface area contributed by atoms with E-state index in [1.165, 1.54) is 32.1 Å². The van der Waals surface area contributed by atoms with Crippen molar-refractivity contribution in [1.29, 1.82) is 0 Å². The van der Waals surface area contributed by atoms with Crippen LogP contribution in [0.3, 0.4) is 0 Å². The number of rotatable bonds is 7. The molecule has 0 bridgehead atoms. The fraction of sp³-hybridized carbons (Fsp3) is 0.750. The molecule has 0 atom stereocenters. The van der Waals surface area contributed by atoms with Gasteiger partial charge in [-0.3, -0.25) is 0 Å². The van der Waals surface area contributed by atoms with Crippen molar-refractivity contribution in [2.75, 3.05) is 0 Å². The minimum atomic E-state index is 0.586. The van der Waals surface area contributed by atoms with Crippen molar-refractivity contribution in [3.05, 3.63) is 0 Å². The topological polar surface area (TPSA) is 17.1 Å². The normalized spacial score (nSPS) is 9.00. The van der Waals surface area contributed by atoms with Crippen LogP contribution in [0.4, 0.5) is 0 Å². The van der Waals surface area contributed by atoms with Gasteiger partial charge in [0.15, 0.2) is 0 Å². The molecule has 0 fully saturated rings. The summed E-state index contributed by atoms with van der Waals surface area (Å²) in [6.45, 7) is 2.22. The van der Waals surface area contributed by atoms with Crippen LogP contribution in [0.5, 0.6) is 0 Å². The van der Waals surface area contributed by atoms with E-state index < -0.39 is 0 Å². The van der Waals surface area contributed by atoms with Crippen LogP contribution in [0.1, 0.15) is 58.3 Å². The van der Waals surface area contributed by atoms with Gasteiger partial charge in [0.05, 0.1) is 0 Å². The number of unbranched alkanes of at least 4 members (excludes halogenated alkanes) is 6. The van der Waals surface area contributed by atoms with Gasteiger partial charge < -0.3 is 4.79 Å². The van der Waals surface area contributed by atoms with Gasteiger partial charge in [0, 0.05) is 19.3 Å². The second-order valence-electron chi connectivity index (χ2n) is 3.22. The molecule has 0 heterocycles. The molecule has 0 N–H and O–H groups in total. The number of hydrogen-bond donors (Lipinski definition) is 0. The SMILES string of the molecule is CCCCCCCC#CCCC=O. The Bertz CT molecular complexity index is 162. The van der Waals surface area contributed by atoms with Crippen LogP contribution in [0, 0.1) is 11.8 Å². The van der Waals surface area contributed by atoms with E-state index in [-0.39, 0.29) is 0 Å². The Hall–Kier alpha value is -0.770. The van der Waals surface area contributed by atoms with Crippen LogP contribution in [-0.2, 0) is 4.79 Å². The molecule has 0 aromatic carbocycles. The summed E-state index contributed by atoms with van der Waals surface area (Å²) >= 11 is 0. The van der Waals surface area contributed by atoms with E-state index in [2.05, 4.69) is 18.8 Å². The summed E-state index contributed by atoms with van der Waals surface area (Å²) in [4.78, 5) is 9.94. The van der Waals surface area contributed by atoms with Gasteiger partial charge in [0.2, 0.25) is 0 Å². The fourth-order valence-corrected chi connectivity index (χ4v) is 1.12. The third-order valence-corrected chi connectivity index (χ3v) is 1.92. The predicted molar refractivity (Wildman–Crippen MR) is 56.5 cm³/mol. The zero-order valence-electron chi connectivity index (χ0n) is 8.64. The van der Waals surface area contributed by atoms with E-state index in [1.54, 1.807) is 0 Å². The Balaban J connectivity index is 3.03. The molecule has 0 saturated heterocycles. The minimum Gasteiger partial charge on any atom is -0.303 e. The summed E-state index contributed by atoms with van der Waals surface area (Å²) in [5.41, 5.74) is 0. The first kappa shape index (κ1) is 12.2. The van der Waals surface area contributed by atoms with E-state index in [0.717, 1.165) is 19.1 Å². The Morgan fingerprint density at radius 3 is 2.38 bits per heavy atom. The molecular formula is C12H20O. The lowest BCUT2D eigenvalue weighted by Gasteiger charge is -1.94. The van der Waals surface area contributed by atoms with Crippen LogP contribution in [0.15, 0.2) is 0 Å². The first-order valence-electron chi connectivity index (χ1n) is 5.31. The number of hydrogen-bond acceptors (Lipinski definition) is 1. The maximum Gasteiger partial charge on any atom is 0.120 e. The van der Waals surface area contributed by atoms with Gasteiger partial charge in [-0.1, -0.05) is 32.6 Å². The highest BCUT2D eigenvalue weighted by Crippen LogP contribution is 2.03. The van der Waals surface area contributed by atoms with Gasteiger partial charge in [-0.2, -0.15) is 0 Å². The third kappa shape index (κ3) is 11.2. The smallest absolute Gasteiger partial charge is 0.120 e. The zero-order chi connectivity index (χ0) is 9.78. The maximum atomic E-state index is 9.94. The number of aldehydes is 1. The van der Waals surface area contributed by atoms with Crippen LogP contribution < -0.4 is 0 Å². The van der Waals surface area contributed by atoms with Crippen LogP contribution in [0.2, 0.25) is 0 Å². The monoisotopic (exact) mass is 180 g/mol. The van der Waals surface area contributed by atoms with Gasteiger partial charge in [0.1, 0.15) is 6.29 Å². The lowest BCUT2D eigenvalue weighted by atomic mass is 10.1. The molecule has 1 heteroatoms. The van der Waals surface area contributed by atoms with Gasteiger partial charge >= 0.3 is 0 Å². The molecule has 0 aliphatic carbocycles. The Morgan fingerprint density at radius 2 is 1.69 bits per heavy atom. The first-order chi connectivity index (χ1) is 6.41. The van der Waals surface area contributed by atoms with Crippen molar-refractivity contribution in [3.8, 4) is 11.8 Å². The van der Waals surface area contributed by atoms with E-state index in [4.69, 9.17) is 0 Å². The van der Waals surface area contributed by atoms with E-state index in [9.17, 15) is 4.79 Å². The van der Waals surface area contributed by atoms with Crippen LogP contribution in [0.25, 0.3) is 0 Å². The molecule has 0 saturated carbocycles. The van der Waals surface area contributed by atoms with Crippen molar-refractivity contribution in [2.45, 2.75) is 58.3 Å². The van der Waals surface area contributed by atoms with Gasteiger partial charge in [-0.05, 0) is 6.42 Å². The quantitative estimate of drug-likeness (QED) is 0.333. The highest BCUT2D eigenvalue weighted by atomic mass is 16.1. The molecule has 0 radical (unpaired) electrons. The van der Waals surface area contributed by atoms with Crippen molar-refractivity contribution in [1.82, 2.24) is 0 Å². The van der Waals surface area contributed by atoms with Crippen molar-refractivity contribution in [3.63, 3.8) is 0 Å². The molecule has 0 rings (SSSR count). The van der Waals surface area contributed by atoms with Crippen LogP contribution in [-0.4, -0.2) is 6.29 Å². The number of carbonyl (C=O) groups is 1. The molecular weight excluding hydrogens is 160 g/mol. The average molecular weight is 180 g/mol. The Labute approximate surface area is 81.9 Å². The van der Waals surface area contributed by atoms with E-state index in [0.29, 0.717) is 6.42 Å². The van der Waals surface area contributed by atoms with Crippen molar-refractivity contribution >= 4 is 6.29 Å². The van der Waals surface area contributed by atoms with E-state index in [1.807, 2.05) is 0 Å². The lowest BCUT2D eigenvalue weighted by Crippen LogP contribution is -1.76. The highest BCUT2D eigenvalue weighted by molar-refractivity contribution is 5.49. The molecule has 0 spiro atoms. The average Bonchev–Trinajstić information content (AvgIpc) is 2.16. The molecule has 0 aromatic heterocycles. The van der Waals surface area contributed by atoms with Crippen LogP contribution >= 0.6 is 0 Å². The molecule has 13 heavy (non-hydrogen) atoms. The molecule has 0 aliphatic rings. The molecule has 0 aliphatic heterocycles. The van der Waals surface area contributed by atoms with E-state index >= 15 is 0 Å². The molecule has 0 aromatic rings. The molecule has 74 valence electrons. The number of carbonyl (C=O) groups excluding carboxylic acids is 1. The van der Waals surface area contributed by atoms with Gasteiger partial charge in [-0.15, -0.1) is 11.8 Å². The minimum absolute atomic E-state index is 0.586. The Kier molecular flexibility index (Phi) is 10.6. The maximum absolute atomic E-state index is 9.94. The zero-order valence-corrected chi connectivity index (χ0v) is 8.64. The highest BCUT2D eigenvalue weighted by Gasteiger charge is 1.85. The third-order valence-electron chi connectivity index (χ3n) is 1.92. The Morgan fingerprint density at radius 1 is 1.00 bits per heavy atom. The lowest BCUT2D eigenvalue weighted by molar-refractivity contribution is -0.107.